The van der Waals surface area contributed by atoms with Gasteiger partial charge in [0.05, 0.1) is 6.04 Å². The molecule has 2 aliphatic heterocycles. The van der Waals surface area contributed by atoms with E-state index in [0.29, 0.717) is 0 Å². The minimum Gasteiger partial charge on any atom is -0.328 e. The van der Waals surface area contributed by atoms with Crippen molar-refractivity contribution in [2.75, 3.05) is 6.54 Å². The summed E-state index contributed by atoms with van der Waals surface area (Å²) in [7, 11) is 1.93. The van der Waals surface area contributed by atoms with Crippen LogP contribution in [0.3, 0.4) is 0 Å². The van der Waals surface area contributed by atoms with Crippen molar-refractivity contribution in [3.8, 4) is 0 Å². The molecule has 0 saturated carbocycles. The third-order valence-electron chi connectivity index (χ3n) is 4.64. The van der Waals surface area contributed by atoms with Crippen LogP contribution in [0.15, 0.2) is 24.5 Å². The van der Waals surface area contributed by atoms with Crippen molar-refractivity contribution in [1.29, 1.82) is 0 Å². The van der Waals surface area contributed by atoms with Crippen molar-refractivity contribution in [3.63, 3.8) is 0 Å². The number of hydrogen-bond donors (Lipinski definition) is 1. The quantitative estimate of drug-likeness (QED) is 0.910. The summed E-state index contributed by atoms with van der Waals surface area (Å²) in [6, 6.07) is 6.08. The van der Waals surface area contributed by atoms with Crippen molar-refractivity contribution in [3.05, 3.63) is 47.0 Å². The fourth-order valence-corrected chi connectivity index (χ4v) is 3.47. The summed E-state index contributed by atoms with van der Waals surface area (Å²) in [4.78, 5) is 14.9. The van der Waals surface area contributed by atoms with Crippen molar-refractivity contribution in [2.45, 2.75) is 32.0 Å². The molecule has 7 heteroatoms. The van der Waals surface area contributed by atoms with E-state index in [1.54, 1.807) is 6.33 Å². The molecule has 0 bridgehead atoms. The standard InChI is InChI=1S/C16H19N5O.ClH/c1-20-10-18-19-15(20)14-3-2-6-21(14)16(22)11-4-5-12-8-17-9-13(12)7-11;/h4-5,7,10,14,17H,2-3,6,8-9H2,1H3;1H. The first kappa shape index (κ1) is 16.0. The Morgan fingerprint density at radius 1 is 1.30 bits per heavy atom. The molecule has 23 heavy (non-hydrogen) atoms. The van der Waals surface area contributed by atoms with Gasteiger partial charge in [0.15, 0.2) is 5.82 Å². The third kappa shape index (κ3) is 2.72. The van der Waals surface area contributed by atoms with Gasteiger partial charge >= 0.3 is 0 Å². The van der Waals surface area contributed by atoms with Crippen LogP contribution in [0.4, 0.5) is 0 Å². The summed E-state index contributed by atoms with van der Waals surface area (Å²) in [6.45, 7) is 2.53. The number of fused-ring (bicyclic) bond motifs is 1. The molecule has 2 aliphatic rings. The van der Waals surface area contributed by atoms with Gasteiger partial charge in [0.1, 0.15) is 6.33 Å². The van der Waals surface area contributed by atoms with Gasteiger partial charge in [-0.15, -0.1) is 22.6 Å². The van der Waals surface area contributed by atoms with Gasteiger partial charge in [-0.2, -0.15) is 0 Å². The van der Waals surface area contributed by atoms with Crippen molar-refractivity contribution < 1.29 is 4.79 Å². The molecule has 4 rings (SSSR count). The second kappa shape index (κ2) is 6.29. The summed E-state index contributed by atoms with van der Waals surface area (Å²) >= 11 is 0. The number of rotatable bonds is 2. The van der Waals surface area contributed by atoms with Crippen LogP contribution >= 0.6 is 12.4 Å². The summed E-state index contributed by atoms with van der Waals surface area (Å²) in [5.41, 5.74) is 3.31. The number of halogens is 1. The average Bonchev–Trinajstić information content (AvgIpc) is 3.25. The number of aryl methyl sites for hydroxylation is 1. The van der Waals surface area contributed by atoms with Gasteiger partial charge < -0.3 is 14.8 Å². The zero-order valence-corrected chi connectivity index (χ0v) is 13.8. The van der Waals surface area contributed by atoms with Crippen molar-refractivity contribution >= 4 is 18.3 Å². The second-order valence-electron chi connectivity index (χ2n) is 6.04. The van der Waals surface area contributed by atoms with Crippen LogP contribution in [0, 0.1) is 0 Å². The molecule has 1 N–H and O–H groups in total. The lowest BCUT2D eigenvalue weighted by atomic mass is 10.1. The number of likely N-dealkylation sites (tertiary alicyclic amines) is 1. The third-order valence-corrected chi connectivity index (χ3v) is 4.64. The molecule has 1 atom stereocenters. The lowest BCUT2D eigenvalue weighted by Gasteiger charge is -2.24. The van der Waals surface area contributed by atoms with E-state index in [4.69, 9.17) is 0 Å². The van der Waals surface area contributed by atoms with E-state index in [-0.39, 0.29) is 24.4 Å². The number of carbonyl (C=O) groups is 1. The highest BCUT2D eigenvalue weighted by Gasteiger charge is 2.33. The summed E-state index contributed by atoms with van der Waals surface area (Å²) in [5.74, 6) is 0.967. The topological polar surface area (TPSA) is 63.1 Å². The van der Waals surface area contributed by atoms with Gasteiger partial charge in [-0.3, -0.25) is 4.79 Å². The molecule has 1 aromatic heterocycles. The predicted octanol–water partition coefficient (Wildman–Crippen LogP) is 1.82. The lowest BCUT2D eigenvalue weighted by molar-refractivity contribution is 0.0728. The molecule has 2 aromatic rings. The Labute approximate surface area is 141 Å². The van der Waals surface area contributed by atoms with E-state index in [0.717, 1.165) is 43.9 Å². The number of amides is 1. The Morgan fingerprint density at radius 2 is 2.13 bits per heavy atom. The van der Waals surface area contributed by atoms with Crippen molar-refractivity contribution in [2.24, 2.45) is 7.05 Å². The molecule has 1 aromatic carbocycles. The molecule has 1 saturated heterocycles. The number of nitrogens with one attached hydrogen (secondary N) is 1. The summed E-state index contributed by atoms with van der Waals surface area (Å²) in [5, 5.41) is 11.5. The molecule has 0 aliphatic carbocycles. The zero-order valence-electron chi connectivity index (χ0n) is 13.0. The van der Waals surface area contributed by atoms with Gasteiger partial charge in [-0.05, 0) is 36.1 Å². The highest BCUT2D eigenvalue weighted by Crippen LogP contribution is 2.32. The predicted molar refractivity (Wildman–Crippen MR) is 88.2 cm³/mol. The van der Waals surface area contributed by atoms with Gasteiger partial charge in [-0.25, -0.2) is 0 Å². The van der Waals surface area contributed by atoms with Crippen LogP contribution < -0.4 is 5.32 Å². The maximum Gasteiger partial charge on any atom is 0.254 e. The smallest absolute Gasteiger partial charge is 0.254 e. The Kier molecular flexibility index (Phi) is 4.37. The van der Waals surface area contributed by atoms with Crippen LogP contribution in [-0.2, 0) is 20.1 Å². The lowest BCUT2D eigenvalue weighted by Crippen LogP contribution is -2.32. The second-order valence-corrected chi connectivity index (χ2v) is 6.04. The zero-order chi connectivity index (χ0) is 15.1. The van der Waals surface area contributed by atoms with Crippen LogP contribution in [0.25, 0.3) is 0 Å². The Balaban J connectivity index is 0.00000156. The van der Waals surface area contributed by atoms with E-state index in [9.17, 15) is 4.79 Å². The molecule has 1 unspecified atom stereocenters. The van der Waals surface area contributed by atoms with E-state index < -0.39 is 0 Å². The molecule has 122 valence electrons. The molecule has 0 radical (unpaired) electrons. The Hall–Kier alpha value is -1.92. The average molecular weight is 334 g/mol. The van der Waals surface area contributed by atoms with Gasteiger partial charge in [0.25, 0.3) is 5.91 Å². The summed E-state index contributed by atoms with van der Waals surface area (Å²) < 4.78 is 1.91. The molecule has 0 spiro atoms. The molecule has 6 nitrogen and oxygen atoms in total. The largest absolute Gasteiger partial charge is 0.328 e. The van der Waals surface area contributed by atoms with Crippen LogP contribution in [-0.4, -0.2) is 32.1 Å². The highest BCUT2D eigenvalue weighted by molar-refractivity contribution is 5.95. The number of nitrogens with zero attached hydrogens (tertiary/aromatic N) is 4. The maximum atomic E-state index is 12.9. The fraction of sp³-hybridized carbons (Fsp3) is 0.438. The first-order valence-corrected chi connectivity index (χ1v) is 7.71. The molecular formula is C16H20ClN5O. The van der Waals surface area contributed by atoms with E-state index in [1.807, 2.05) is 28.6 Å². The number of carbonyl (C=O) groups excluding carboxylic acids is 1. The molecule has 3 heterocycles. The van der Waals surface area contributed by atoms with Crippen LogP contribution in [0.2, 0.25) is 0 Å². The maximum absolute atomic E-state index is 12.9. The van der Waals surface area contributed by atoms with E-state index >= 15 is 0 Å². The van der Waals surface area contributed by atoms with Crippen LogP contribution in [0.1, 0.15) is 46.2 Å². The first-order valence-electron chi connectivity index (χ1n) is 7.71. The molecular weight excluding hydrogens is 314 g/mol. The van der Waals surface area contributed by atoms with Gasteiger partial charge in [-0.1, -0.05) is 6.07 Å². The Bertz CT molecular complexity index is 729. The van der Waals surface area contributed by atoms with E-state index in [1.165, 1.54) is 11.1 Å². The molecule has 1 amide bonds. The SMILES string of the molecule is Cl.Cn1cnnc1C1CCCN1C(=O)c1ccc2c(c1)CNC2. The molecule has 1 fully saturated rings. The van der Waals surface area contributed by atoms with E-state index in [2.05, 4.69) is 21.6 Å². The summed E-state index contributed by atoms with van der Waals surface area (Å²) in [6.07, 6.45) is 3.65. The van der Waals surface area contributed by atoms with Crippen molar-refractivity contribution in [1.82, 2.24) is 25.0 Å². The van der Waals surface area contributed by atoms with Crippen LogP contribution in [0.5, 0.6) is 0 Å². The first-order chi connectivity index (χ1) is 10.7. The minimum absolute atomic E-state index is 0. The number of aromatic nitrogens is 3. The monoisotopic (exact) mass is 333 g/mol. The minimum atomic E-state index is 0. The number of hydrogen-bond acceptors (Lipinski definition) is 4. The highest BCUT2D eigenvalue weighted by atomic mass is 35.5. The van der Waals surface area contributed by atoms with Gasteiger partial charge in [0, 0.05) is 32.2 Å². The number of benzene rings is 1. The Morgan fingerprint density at radius 3 is 2.91 bits per heavy atom. The fourth-order valence-electron chi connectivity index (χ4n) is 3.47. The van der Waals surface area contributed by atoms with Gasteiger partial charge in [0.2, 0.25) is 0 Å². The normalized spacial score (nSPS) is 19.5.